The molecule has 1 heterocycles. The van der Waals surface area contributed by atoms with E-state index in [1.807, 2.05) is 47.4 Å². The Kier molecular flexibility index (Phi) is 9.22. The van der Waals surface area contributed by atoms with E-state index in [-0.39, 0.29) is 29.9 Å². The number of hydrogen-bond donors (Lipinski definition) is 2. The normalized spacial score (nSPS) is 13.8. The summed E-state index contributed by atoms with van der Waals surface area (Å²) in [5, 5.41) is 6.62. The molecule has 2 aromatic carbocycles. The molecule has 6 nitrogen and oxygen atoms in total. The molecule has 2 N–H and O–H groups in total. The number of ether oxygens (including phenoxy) is 1. The van der Waals surface area contributed by atoms with Gasteiger partial charge in [-0.15, -0.1) is 24.0 Å². The minimum Gasteiger partial charge on any atom is -0.496 e. The number of nitrogens with zero attached hydrogens (tertiary/aromatic N) is 2. The van der Waals surface area contributed by atoms with Crippen LogP contribution in [0, 0.1) is 0 Å². The van der Waals surface area contributed by atoms with E-state index in [4.69, 9.17) is 4.74 Å². The van der Waals surface area contributed by atoms with E-state index in [9.17, 15) is 4.79 Å². The third-order valence-corrected chi connectivity index (χ3v) is 5.30. The average molecular weight is 573 g/mol. The number of halogens is 2. The molecule has 1 fully saturated rings. The fraction of sp³-hybridized carbons (Fsp3) is 0.333. The molecule has 0 unspecified atom stereocenters. The summed E-state index contributed by atoms with van der Waals surface area (Å²) in [6, 6.07) is 14.1. The summed E-state index contributed by atoms with van der Waals surface area (Å²) in [6.45, 7) is 2.12. The largest absolute Gasteiger partial charge is 0.496 e. The predicted octanol–water partition coefficient (Wildman–Crippen LogP) is 4.07. The Balaban J connectivity index is 0.00000300. The first-order valence-corrected chi connectivity index (χ1v) is 10.1. The monoisotopic (exact) mass is 572 g/mol. The number of anilines is 1. The van der Waals surface area contributed by atoms with Gasteiger partial charge in [-0.1, -0.05) is 18.2 Å². The predicted molar refractivity (Wildman–Crippen MR) is 131 cm³/mol. The van der Waals surface area contributed by atoms with Gasteiger partial charge in [0.25, 0.3) is 0 Å². The van der Waals surface area contributed by atoms with Gasteiger partial charge in [0.15, 0.2) is 5.96 Å². The van der Waals surface area contributed by atoms with E-state index >= 15 is 0 Å². The van der Waals surface area contributed by atoms with Crippen LogP contribution in [0.1, 0.15) is 24.0 Å². The molecule has 2 aromatic rings. The van der Waals surface area contributed by atoms with Gasteiger partial charge in [0.2, 0.25) is 5.91 Å². The van der Waals surface area contributed by atoms with Gasteiger partial charge in [-0.3, -0.25) is 9.79 Å². The van der Waals surface area contributed by atoms with E-state index in [2.05, 4.69) is 31.6 Å². The van der Waals surface area contributed by atoms with Crippen LogP contribution in [0.2, 0.25) is 0 Å². The van der Waals surface area contributed by atoms with Crippen molar-refractivity contribution in [2.75, 3.05) is 25.6 Å². The molecule has 0 aromatic heterocycles. The number of benzene rings is 2. The first-order valence-electron chi connectivity index (χ1n) is 9.27. The topological polar surface area (TPSA) is 66.0 Å². The third kappa shape index (κ3) is 6.33. The van der Waals surface area contributed by atoms with Crippen molar-refractivity contribution in [1.29, 1.82) is 0 Å². The van der Waals surface area contributed by atoms with Crippen LogP contribution in [0.15, 0.2) is 51.9 Å². The van der Waals surface area contributed by atoms with Crippen molar-refractivity contribution < 1.29 is 9.53 Å². The number of rotatable bonds is 6. The quantitative estimate of drug-likeness (QED) is 0.311. The highest BCUT2D eigenvalue weighted by molar-refractivity contribution is 14.0. The number of aliphatic imine (C=N–C) groups is 1. The maximum Gasteiger partial charge on any atom is 0.227 e. The maximum absolute atomic E-state index is 11.8. The van der Waals surface area contributed by atoms with Gasteiger partial charge in [-0.05, 0) is 57.7 Å². The van der Waals surface area contributed by atoms with Crippen LogP contribution >= 0.6 is 39.9 Å². The first-order chi connectivity index (χ1) is 13.6. The highest BCUT2D eigenvalue weighted by Crippen LogP contribution is 2.25. The Morgan fingerprint density at radius 3 is 2.34 bits per heavy atom. The third-order valence-electron chi connectivity index (χ3n) is 4.68. The molecular formula is C21H26BrIN4O2. The Labute approximate surface area is 197 Å². The molecule has 1 amide bonds. The molecule has 0 aliphatic carbocycles. The van der Waals surface area contributed by atoms with E-state index in [0.29, 0.717) is 19.5 Å². The van der Waals surface area contributed by atoms with Crippen molar-refractivity contribution in [3.8, 4) is 5.75 Å². The van der Waals surface area contributed by atoms with Crippen LogP contribution in [0.4, 0.5) is 5.69 Å². The van der Waals surface area contributed by atoms with E-state index < -0.39 is 0 Å². The summed E-state index contributed by atoms with van der Waals surface area (Å²) < 4.78 is 6.18. The standard InChI is InChI=1S/C21H25BrN4O2.HI/c1-23-21(25-14-16-7-10-19(28-2)18(22)12-16)24-13-15-5-8-17(9-6-15)26-11-3-4-20(26)27;/h5-10,12H,3-4,11,13-14H2,1-2H3,(H2,23,24,25);1H. The molecule has 0 spiro atoms. The smallest absolute Gasteiger partial charge is 0.227 e. The molecule has 0 saturated carbocycles. The Bertz CT molecular complexity index is 858. The van der Waals surface area contributed by atoms with Crippen molar-refractivity contribution in [1.82, 2.24) is 10.6 Å². The highest BCUT2D eigenvalue weighted by Gasteiger charge is 2.21. The lowest BCUT2D eigenvalue weighted by molar-refractivity contribution is -0.117. The summed E-state index contributed by atoms with van der Waals surface area (Å²) >= 11 is 3.50. The van der Waals surface area contributed by atoms with Gasteiger partial charge in [0.05, 0.1) is 11.6 Å². The van der Waals surface area contributed by atoms with Gasteiger partial charge in [0, 0.05) is 38.8 Å². The fourth-order valence-electron chi connectivity index (χ4n) is 3.13. The van der Waals surface area contributed by atoms with Crippen LogP contribution in [-0.2, 0) is 17.9 Å². The molecule has 1 saturated heterocycles. The summed E-state index contributed by atoms with van der Waals surface area (Å²) in [6.07, 6.45) is 1.59. The lowest BCUT2D eigenvalue weighted by atomic mass is 10.2. The summed E-state index contributed by atoms with van der Waals surface area (Å²) in [4.78, 5) is 18.0. The van der Waals surface area contributed by atoms with Crippen molar-refractivity contribution >= 4 is 57.5 Å². The van der Waals surface area contributed by atoms with Crippen LogP contribution in [0.25, 0.3) is 0 Å². The molecule has 0 bridgehead atoms. The number of carbonyl (C=O) groups is 1. The van der Waals surface area contributed by atoms with Crippen molar-refractivity contribution in [3.63, 3.8) is 0 Å². The lowest BCUT2D eigenvalue weighted by Gasteiger charge is -2.16. The molecule has 156 valence electrons. The second kappa shape index (κ2) is 11.4. The second-order valence-electron chi connectivity index (χ2n) is 6.56. The van der Waals surface area contributed by atoms with Crippen LogP contribution in [0.3, 0.4) is 0 Å². The minimum atomic E-state index is 0. The number of amides is 1. The van der Waals surface area contributed by atoms with Gasteiger partial charge in [0.1, 0.15) is 5.75 Å². The Hall–Kier alpha value is -1.81. The zero-order valence-electron chi connectivity index (χ0n) is 16.6. The SMILES string of the molecule is CN=C(NCc1ccc(N2CCCC2=O)cc1)NCc1ccc(OC)c(Br)c1.I. The maximum atomic E-state index is 11.8. The zero-order valence-corrected chi connectivity index (χ0v) is 20.5. The van der Waals surface area contributed by atoms with Crippen LogP contribution < -0.4 is 20.3 Å². The van der Waals surface area contributed by atoms with Crippen molar-refractivity contribution in [3.05, 3.63) is 58.1 Å². The van der Waals surface area contributed by atoms with Crippen molar-refractivity contribution in [2.45, 2.75) is 25.9 Å². The van der Waals surface area contributed by atoms with E-state index in [0.717, 1.165) is 46.0 Å². The fourth-order valence-corrected chi connectivity index (χ4v) is 3.71. The van der Waals surface area contributed by atoms with Crippen LogP contribution in [0.5, 0.6) is 5.75 Å². The molecule has 8 heteroatoms. The lowest BCUT2D eigenvalue weighted by Crippen LogP contribution is -2.36. The molecular weight excluding hydrogens is 547 g/mol. The molecule has 1 aliphatic rings. The summed E-state index contributed by atoms with van der Waals surface area (Å²) in [5.74, 6) is 1.75. The molecule has 0 atom stereocenters. The Morgan fingerprint density at radius 1 is 1.14 bits per heavy atom. The molecule has 1 aliphatic heterocycles. The zero-order chi connectivity index (χ0) is 19.9. The molecule has 3 rings (SSSR count). The number of methoxy groups -OCH3 is 1. The number of hydrogen-bond acceptors (Lipinski definition) is 3. The number of carbonyl (C=O) groups excluding carboxylic acids is 1. The first kappa shape index (κ1) is 23.5. The number of nitrogens with one attached hydrogen (secondary N) is 2. The van der Waals surface area contributed by atoms with Gasteiger partial charge in [-0.2, -0.15) is 0 Å². The van der Waals surface area contributed by atoms with Crippen LogP contribution in [-0.4, -0.2) is 32.6 Å². The van der Waals surface area contributed by atoms with E-state index in [1.54, 1.807) is 14.2 Å². The second-order valence-corrected chi connectivity index (χ2v) is 7.42. The molecule has 0 radical (unpaired) electrons. The highest BCUT2D eigenvalue weighted by atomic mass is 127. The molecule has 29 heavy (non-hydrogen) atoms. The van der Waals surface area contributed by atoms with Gasteiger partial charge >= 0.3 is 0 Å². The van der Waals surface area contributed by atoms with E-state index in [1.165, 1.54) is 0 Å². The average Bonchev–Trinajstić information content (AvgIpc) is 3.14. The van der Waals surface area contributed by atoms with Crippen molar-refractivity contribution in [2.24, 2.45) is 4.99 Å². The number of guanidine groups is 1. The summed E-state index contributed by atoms with van der Waals surface area (Å²) in [5.41, 5.74) is 3.22. The minimum absolute atomic E-state index is 0. The Morgan fingerprint density at radius 2 is 1.79 bits per heavy atom. The van der Waals surface area contributed by atoms with Gasteiger partial charge < -0.3 is 20.3 Å². The summed E-state index contributed by atoms with van der Waals surface area (Å²) in [7, 11) is 3.40. The van der Waals surface area contributed by atoms with Gasteiger partial charge in [-0.25, -0.2) is 0 Å².